The van der Waals surface area contributed by atoms with Crippen molar-refractivity contribution in [3.05, 3.63) is 41.9 Å². The van der Waals surface area contributed by atoms with Gasteiger partial charge in [-0.1, -0.05) is 5.16 Å². The van der Waals surface area contributed by atoms with Crippen LogP contribution in [0.3, 0.4) is 0 Å². The van der Waals surface area contributed by atoms with Gasteiger partial charge in [0.15, 0.2) is 5.82 Å². The summed E-state index contributed by atoms with van der Waals surface area (Å²) in [5.41, 5.74) is 7.74. The third-order valence-electron chi connectivity index (χ3n) is 3.37. The molecule has 0 fully saturated rings. The summed E-state index contributed by atoms with van der Waals surface area (Å²) < 4.78 is 5.07. The van der Waals surface area contributed by atoms with E-state index < -0.39 is 0 Å². The molecule has 0 atom stereocenters. The molecular formula is C16H17N7O2. The summed E-state index contributed by atoms with van der Waals surface area (Å²) >= 11 is 0. The van der Waals surface area contributed by atoms with E-state index in [0.717, 1.165) is 5.69 Å². The lowest BCUT2D eigenvalue weighted by Crippen LogP contribution is -2.21. The standard InChI is InChI=1S/C16H17N7O2/c1-9-19-14(25-22-9)12-8-18-16(21-13(12)17)20-11-6-4-10(5-7-11)15(24)23(2)3/h4-8H,1-3H3,(H3,17,18,20,21). The molecule has 0 bridgehead atoms. The molecule has 9 nitrogen and oxygen atoms in total. The zero-order valence-electron chi connectivity index (χ0n) is 14.0. The number of aromatic nitrogens is 4. The number of nitrogens with one attached hydrogen (secondary N) is 1. The first-order valence-corrected chi connectivity index (χ1v) is 7.46. The first kappa shape index (κ1) is 16.4. The Morgan fingerprint density at radius 2 is 1.92 bits per heavy atom. The van der Waals surface area contributed by atoms with Crippen molar-refractivity contribution in [1.29, 1.82) is 0 Å². The Kier molecular flexibility index (Phi) is 4.29. The van der Waals surface area contributed by atoms with E-state index in [1.807, 2.05) is 0 Å². The van der Waals surface area contributed by atoms with Gasteiger partial charge in [-0.25, -0.2) is 4.98 Å². The number of nitrogen functional groups attached to an aromatic ring is 1. The summed E-state index contributed by atoms with van der Waals surface area (Å²) in [4.78, 5) is 25.9. The predicted octanol–water partition coefficient (Wildman–Crippen LogP) is 1.86. The molecule has 2 aromatic heterocycles. The van der Waals surface area contributed by atoms with Gasteiger partial charge in [-0.05, 0) is 31.2 Å². The zero-order valence-corrected chi connectivity index (χ0v) is 14.0. The summed E-state index contributed by atoms with van der Waals surface area (Å²) in [5, 5.41) is 6.75. The monoisotopic (exact) mass is 339 g/mol. The molecule has 0 aliphatic carbocycles. The van der Waals surface area contributed by atoms with Gasteiger partial charge in [0.25, 0.3) is 11.8 Å². The molecule has 0 saturated heterocycles. The predicted molar refractivity (Wildman–Crippen MR) is 92.2 cm³/mol. The van der Waals surface area contributed by atoms with Crippen molar-refractivity contribution in [2.45, 2.75) is 6.92 Å². The third kappa shape index (κ3) is 3.55. The Morgan fingerprint density at radius 1 is 1.20 bits per heavy atom. The van der Waals surface area contributed by atoms with Crippen molar-refractivity contribution in [1.82, 2.24) is 25.0 Å². The Labute approximate surface area is 143 Å². The van der Waals surface area contributed by atoms with Crippen molar-refractivity contribution in [3.63, 3.8) is 0 Å². The normalized spacial score (nSPS) is 10.5. The summed E-state index contributed by atoms with van der Waals surface area (Å²) in [6.07, 6.45) is 1.52. The molecule has 9 heteroatoms. The number of carbonyl (C=O) groups is 1. The minimum atomic E-state index is -0.0637. The van der Waals surface area contributed by atoms with Crippen LogP contribution >= 0.6 is 0 Å². The SMILES string of the molecule is Cc1noc(-c2cnc(Nc3ccc(C(=O)N(C)C)cc3)nc2N)n1. The molecule has 0 radical (unpaired) electrons. The average Bonchev–Trinajstić information content (AvgIpc) is 3.01. The molecule has 128 valence electrons. The fraction of sp³-hybridized carbons (Fsp3) is 0.188. The molecule has 3 N–H and O–H groups in total. The number of nitrogens with zero attached hydrogens (tertiary/aromatic N) is 5. The highest BCUT2D eigenvalue weighted by atomic mass is 16.5. The number of rotatable bonds is 4. The second-order valence-electron chi connectivity index (χ2n) is 5.54. The van der Waals surface area contributed by atoms with Gasteiger partial charge in [0.2, 0.25) is 5.95 Å². The Morgan fingerprint density at radius 3 is 2.48 bits per heavy atom. The fourth-order valence-corrected chi connectivity index (χ4v) is 2.11. The minimum Gasteiger partial charge on any atom is -0.383 e. The van der Waals surface area contributed by atoms with E-state index in [1.165, 1.54) is 11.1 Å². The largest absolute Gasteiger partial charge is 0.383 e. The lowest BCUT2D eigenvalue weighted by molar-refractivity contribution is 0.0827. The van der Waals surface area contributed by atoms with E-state index >= 15 is 0 Å². The molecule has 0 aliphatic rings. The van der Waals surface area contributed by atoms with E-state index in [2.05, 4.69) is 25.4 Å². The topological polar surface area (TPSA) is 123 Å². The van der Waals surface area contributed by atoms with Gasteiger partial charge in [-0.15, -0.1) is 0 Å². The molecule has 0 aliphatic heterocycles. The van der Waals surface area contributed by atoms with Crippen LogP contribution in [0.5, 0.6) is 0 Å². The summed E-state index contributed by atoms with van der Waals surface area (Å²) in [5.74, 6) is 1.26. The number of nitrogens with two attached hydrogens (primary N) is 1. The zero-order chi connectivity index (χ0) is 18.0. The van der Waals surface area contributed by atoms with Crippen molar-refractivity contribution >= 4 is 23.4 Å². The number of hydrogen-bond acceptors (Lipinski definition) is 8. The maximum Gasteiger partial charge on any atom is 0.263 e. The number of benzene rings is 1. The summed E-state index contributed by atoms with van der Waals surface area (Å²) in [6.45, 7) is 1.71. The Balaban J connectivity index is 1.77. The molecule has 1 aromatic carbocycles. The highest BCUT2D eigenvalue weighted by Gasteiger charge is 2.13. The maximum atomic E-state index is 11.9. The molecule has 3 rings (SSSR count). The van der Waals surface area contributed by atoms with Crippen LogP contribution in [0.2, 0.25) is 0 Å². The molecule has 0 unspecified atom stereocenters. The quantitative estimate of drug-likeness (QED) is 0.738. The smallest absolute Gasteiger partial charge is 0.263 e. The molecule has 1 amide bonds. The van der Waals surface area contributed by atoms with Gasteiger partial charge in [-0.2, -0.15) is 9.97 Å². The lowest BCUT2D eigenvalue weighted by atomic mass is 10.2. The number of anilines is 3. The van der Waals surface area contributed by atoms with Gasteiger partial charge in [0, 0.05) is 31.5 Å². The van der Waals surface area contributed by atoms with Crippen molar-refractivity contribution < 1.29 is 9.32 Å². The summed E-state index contributed by atoms with van der Waals surface area (Å²) in [6, 6.07) is 6.99. The van der Waals surface area contributed by atoms with E-state index in [9.17, 15) is 4.79 Å². The summed E-state index contributed by atoms with van der Waals surface area (Å²) in [7, 11) is 3.41. The molecular weight excluding hydrogens is 322 g/mol. The first-order chi connectivity index (χ1) is 11.9. The number of aryl methyl sites for hydroxylation is 1. The highest BCUT2D eigenvalue weighted by Crippen LogP contribution is 2.23. The van der Waals surface area contributed by atoms with Crippen LogP contribution in [0.1, 0.15) is 16.2 Å². The van der Waals surface area contributed by atoms with Crippen LogP contribution in [-0.4, -0.2) is 45.0 Å². The second kappa shape index (κ2) is 6.56. The van der Waals surface area contributed by atoms with Crippen LogP contribution in [0.4, 0.5) is 17.5 Å². The third-order valence-corrected chi connectivity index (χ3v) is 3.37. The van der Waals surface area contributed by atoms with Gasteiger partial charge in [0.1, 0.15) is 11.4 Å². The molecule has 25 heavy (non-hydrogen) atoms. The second-order valence-corrected chi connectivity index (χ2v) is 5.54. The van der Waals surface area contributed by atoms with E-state index in [4.69, 9.17) is 10.3 Å². The van der Waals surface area contributed by atoms with Crippen LogP contribution in [0, 0.1) is 6.92 Å². The molecule has 3 aromatic rings. The van der Waals surface area contributed by atoms with Crippen LogP contribution in [-0.2, 0) is 0 Å². The van der Waals surface area contributed by atoms with Crippen molar-refractivity contribution in [3.8, 4) is 11.5 Å². The van der Waals surface area contributed by atoms with Crippen molar-refractivity contribution in [2.24, 2.45) is 0 Å². The van der Waals surface area contributed by atoms with Crippen molar-refractivity contribution in [2.75, 3.05) is 25.1 Å². The van der Waals surface area contributed by atoms with E-state index in [0.29, 0.717) is 22.9 Å². The van der Waals surface area contributed by atoms with Gasteiger partial charge < -0.3 is 20.5 Å². The highest BCUT2D eigenvalue weighted by molar-refractivity contribution is 5.94. The van der Waals surface area contributed by atoms with Gasteiger partial charge >= 0.3 is 0 Å². The van der Waals surface area contributed by atoms with Crippen LogP contribution < -0.4 is 11.1 Å². The van der Waals surface area contributed by atoms with E-state index in [-0.39, 0.29) is 17.6 Å². The molecule has 0 spiro atoms. The Bertz CT molecular complexity index is 903. The van der Waals surface area contributed by atoms with E-state index in [1.54, 1.807) is 45.3 Å². The number of hydrogen-bond donors (Lipinski definition) is 2. The van der Waals surface area contributed by atoms with Crippen LogP contribution in [0.25, 0.3) is 11.5 Å². The van der Waals surface area contributed by atoms with Gasteiger partial charge in [-0.3, -0.25) is 4.79 Å². The Hall–Kier alpha value is -3.49. The average molecular weight is 339 g/mol. The minimum absolute atomic E-state index is 0.0637. The fourth-order valence-electron chi connectivity index (χ4n) is 2.11. The van der Waals surface area contributed by atoms with Gasteiger partial charge in [0.05, 0.1) is 0 Å². The number of amides is 1. The maximum absolute atomic E-state index is 11.9. The lowest BCUT2D eigenvalue weighted by Gasteiger charge is -2.11. The number of carbonyl (C=O) groups excluding carboxylic acids is 1. The molecule has 0 saturated carbocycles. The first-order valence-electron chi connectivity index (χ1n) is 7.46. The van der Waals surface area contributed by atoms with Crippen LogP contribution in [0.15, 0.2) is 35.0 Å². The molecule has 2 heterocycles.